The smallest absolute Gasteiger partial charge is 0.351 e. The molecular weight excluding hydrogens is 432 g/mol. The molecule has 0 aromatic heterocycles. The van der Waals surface area contributed by atoms with Crippen molar-refractivity contribution in [2.45, 2.75) is 13.8 Å². The summed E-state index contributed by atoms with van der Waals surface area (Å²) in [5.41, 5.74) is 2.54. The highest BCUT2D eigenvalue weighted by atomic mass is 79.9. The van der Waals surface area contributed by atoms with Crippen molar-refractivity contribution in [1.82, 2.24) is 0 Å². The highest BCUT2D eigenvalue weighted by Crippen LogP contribution is 2.19. The van der Waals surface area contributed by atoms with Crippen LogP contribution in [-0.2, 0) is 9.59 Å². The Kier molecular flexibility index (Phi) is 6.62. The number of aryl methyl sites for hydroxylation is 2. The molecule has 4 nitrogen and oxygen atoms in total. The number of halogens is 1. The van der Waals surface area contributed by atoms with Crippen molar-refractivity contribution in [2.75, 3.05) is 0 Å². The minimum Gasteiger partial charge on any atom is -0.423 e. The lowest BCUT2D eigenvalue weighted by atomic mass is 10.1. The number of carbonyl (C=O) groups excluding carboxylic acids is 2. The Morgan fingerprint density at radius 1 is 0.690 bits per heavy atom. The molecule has 0 heterocycles. The standard InChI is InChI=1S/C24H19BrO4/c1-16-3-11-20(12-4-16)28-23(26)22(15-18-7-9-19(25)10-8-18)24(27)29-21-13-5-17(2)6-14-21/h3-15H,1-2H3. The number of hydrogen-bond acceptors (Lipinski definition) is 4. The van der Waals surface area contributed by atoms with Gasteiger partial charge in [-0.1, -0.05) is 63.5 Å². The van der Waals surface area contributed by atoms with E-state index < -0.39 is 11.9 Å². The molecule has 146 valence electrons. The molecule has 3 aromatic rings. The molecular formula is C24H19BrO4. The molecule has 0 unspecified atom stereocenters. The maximum Gasteiger partial charge on any atom is 0.351 e. The number of ether oxygens (including phenoxy) is 2. The minimum atomic E-state index is -0.783. The van der Waals surface area contributed by atoms with Gasteiger partial charge in [0.2, 0.25) is 0 Å². The quantitative estimate of drug-likeness (QED) is 0.165. The molecule has 0 aliphatic carbocycles. The van der Waals surface area contributed by atoms with Crippen LogP contribution in [0.25, 0.3) is 6.08 Å². The summed E-state index contributed by atoms with van der Waals surface area (Å²) in [5, 5.41) is 0. The fraction of sp³-hybridized carbons (Fsp3) is 0.0833. The third-order valence-electron chi connectivity index (χ3n) is 4.08. The zero-order valence-corrected chi connectivity index (χ0v) is 17.6. The SMILES string of the molecule is Cc1ccc(OC(=O)C(=Cc2ccc(Br)cc2)C(=O)Oc2ccc(C)cc2)cc1. The van der Waals surface area contributed by atoms with E-state index in [1.54, 1.807) is 36.4 Å². The van der Waals surface area contributed by atoms with Crippen LogP contribution < -0.4 is 9.47 Å². The van der Waals surface area contributed by atoms with Crippen molar-refractivity contribution >= 4 is 33.9 Å². The summed E-state index contributed by atoms with van der Waals surface area (Å²) < 4.78 is 11.7. The zero-order chi connectivity index (χ0) is 20.8. The van der Waals surface area contributed by atoms with E-state index in [0.717, 1.165) is 15.6 Å². The Hall–Kier alpha value is -3.18. The van der Waals surface area contributed by atoms with E-state index in [1.165, 1.54) is 6.08 Å². The highest BCUT2D eigenvalue weighted by molar-refractivity contribution is 9.10. The Bertz CT molecular complexity index is 972. The predicted molar refractivity (Wildman–Crippen MR) is 116 cm³/mol. The molecule has 0 radical (unpaired) electrons. The molecule has 0 fully saturated rings. The van der Waals surface area contributed by atoms with E-state index in [2.05, 4.69) is 15.9 Å². The van der Waals surface area contributed by atoms with Gasteiger partial charge >= 0.3 is 11.9 Å². The van der Waals surface area contributed by atoms with Crippen molar-refractivity contribution < 1.29 is 19.1 Å². The second-order valence-corrected chi connectivity index (χ2v) is 7.43. The Morgan fingerprint density at radius 2 is 1.10 bits per heavy atom. The van der Waals surface area contributed by atoms with Gasteiger partial charge in [-0.25, -0.2) is 9.59 Å². The van der Waals surface area contributed by atoms with Gasteiger partial charge in [0.1, 0.15) is 17.1 Å². The summed E-state index contributed by atoms with van der Waals surface area (Å²) >= 11 is 3.37. The van der Waals surface area contributed by atoms with Crippen LogP contribution in [-0.4, -0.2) is 11.9 Å². The first-order valence-electron chi connectivity index (χ1n) is 8.96. The Labute approximate surface area is 177 Å². The monoisotopic (exact) mass is 450 g/mol. The molecule has 5 heteroatoms. The molecule has 3 aromatic carbocycles. The number of rotatable bonds is 5. The lowest BCUT2D eigenvalue weighted by Gasteiger charge is -2.09. The third kappa shape index (κ3) is 5.90. The van der Waals surface area contributed by atoms with Crippen LogP contribution in [0.5, 0.6) is 11.5 Å². The largest absolute Gasteiger partial charge is 0.423 e. The maximum atomic E-state index is 12.8. The zero-order valence-electron chi connectivity index (χ0n) is 16.0. The fourth-order valence-corrected chi connectivity index (χ4v) is 2.73. The van der Waals surface area contributed by atoms with E-state index in [4.69, 9.17) is 9.47 Å². The predicted octanol–water partition coefficient (Wildman–Crippen LogP) is 5.66. The molecule has 0 aliphatic heterocycles. The maximum absolute atomic E-state index is 12.8. The number of carbonyl (C=O) groups is 2. The van der Waals surface area contributed by atoms with Crippen molar-refractivity contribution in [3.8, 4) is 11.5 Å². The number of esters is 2. The molecule has 29 heavy (non-hydrogen) atoms. The van der Waals surface area contributed by atoms with Crippen molar-refractivity contribution in [2.24, 2.45) is 0 Å². The van der Waals surface area contributed by atoms with Gasteiger partial charge < -0.3 is 9.47 Å². The van der Waals surface area contributed by atoms with E-state index in [0.29, 0.717) is 17.1 Å². The summed E-state index contributed by atoms with van der Waals surface area (Å²) in [6, 6.07) is 21.2. The van der Waals surface area contributed by atoms with Gasteiger partial charge in [-0.3, -0.25) is 0 Å². The topological polar surface area (TPSA) is 52.6 Å². The van der Waals surface area contributed by atoms with Gasteiger partial charge in [-0.15, -0.1) is 0 Å². The summed E-state index contributed by atoms with van der Waals surface area (Å²) in [6.07, 6.45) is 1.46. The second kappa shape index (κ2) is 9.34. The molecule has 3 rings (SSSR count). The van der Waals surface area contributed by atoms with E-state index in [-0.39, 0.29) is 5.57 Å². The van der Waals surface area contributed by atoms with Gasteiger partial charge in [0.25, 0.3) is 0 Å². The Balaban J connectivity index is 1.88. The minimum absolute atomic E-state index is 0.200. The normalized spacial score (nSPS) is 10.2. The Morgan fingerprint density at radius 3 is 1.52 bits per heavy atom. The molecule has 0 saturated heterocycles. The second-order valence-electron chi connectivity index (χ2n) is 6.51. The van der Waals surface area contributed by atoms with Crippen molar-refractivity contribution in [1.29, 1.82) is 0 Å². The summed E-state index contributed by atoms with van der Waals surface area (Å²) in [6.45, 7) is 3.87. The number of hydrogen-bond donors (Lipinski definition) is 0. The third-order valence-corrected chi connectivity index (χ3v) is 4.61. The summed E-state index contributed by atoms with van der Waals surface area (Å²) in [7, 11) is 0. The average molecular weight is 451 g/mol. The van der Waals surface area contributed by atoms with Gasteiger partial charge in [0.15, 0.2) is 0 Å². The van der Waals surface area contributed by atoms with Gasteiger partial charge in [0.05, 0.1) is 0 Å². The van der Waals surface area contributed by atoms with Crippen LogP contribution >= 0.6 is 15.9 Å². The molecule has 0 atom stereocenters. The van der Waals surface area contributed by atoms with Crippen molar-refractivity contribution in [3.05, 3.63) is 99.5 Å². The first-order chi connectivity index (χ1) is 13.9. The van der Waals surface area contributed by atoms with E-state index in [9.17, 15) is 9.59 Å². The lowest BCUT2D eigenvalue weighted by molar-refractivity contribution is -0.137. The van der Waals surface area contributed by atoms with E-state index in [1.807, 2.05) is 50.2 Å². The van der Waals surface area contributed by atoms with Crippen LogP contribution in [0.4, 0.5) is 0 Å². The van der Waals surface area contributed by atoms with Crippen LogP contribution in [0.15, 0.2) is 82.8 Å². The summed E-state index contributed by atoms with van der Waals surface area (Å²) in [4.78, 5) is 25.5. The lowest BCUT2D eigenvalue weighted by Crippen LogP contribution is -2.22. The molecule has 0 bridgehead atoms. The van der Waals surface area contributed by atoms with Crippen molar-refractivity contribution in [3.63, 3.8) is 0 Å². The molecule has 0 saturated carbocycles. The first-order valence-corrected chi connectivity index (χ1v) is 9.75. The first kappa shape index (κ1) is 20.6. The van der Waals surface area contributed by atoms with Gasteiger partial charge in [-0.2, -0.15) is 0 Å². The average Bonchev–Trinajstić information content (AvgIpc) is 2.71. The van der Waals surface area contributed by atoms with Crippen LogP contribution in [0.2, 0.25) is 0 Å². The number of benzene rings is 3. The summed E-state index contributed by atoms with van der Waals surface area (Å²) in [5.74, 6) is -0.862. The molecule has 0 N–H and O–H groups in total. The molecule has 0 spiro atoms. The van der Waals surface area contributed by atoms with Crippen LogP contribution in [0, 0.1) is 13.8 Å². The van der Waals surface area contributed by atoms with Gasteiger partial charge in [0, 0.05) is 4.47 Å². The fourth-order valence-electron chi connectivity index (χ4n) is 2.46. The van der Waals surface area contributed by atoms with E-state index >= 15 is 0 Å². The molecule has 0 amide bonds. The van der Waals surface area contributed by atoms with Crippen LogP contribution in [0.3, 0.4) is 0 Å². The van der Waals surface area contributed by atoms with Gasteiger partial charge in [-0.05, 0) is 61.9 Å². The van der Waals surface area contributed by atoms with Crippen LogP contribution in [0.1, 0.15) is 16.7 Å². The molecule has 0 aliphatic rings. The highest BCUT2D eigenvalue weighted by Gasteiger charge is 2.23.